The Kier molecular flexibility index (Phi) is 5.49. The maximum absolute atomic E-state index is 12.0. The van der Waals surface area contributed by atoms with Gasteiger partial charge < -0.3 is 15.7 Å². The van der Waals surface area contributed by atoms with E-state index < -0.39 is 11.8 Å². The number of amides is 2. The van der Waals surface area contributed by atoms with Gasteiger partial charge in [-0.25, -0.2) is 0 Å². The zero-order valence-electron chi connectivity index (χ0n) is 12.5. The first-order valence-electron chi connectivity index (χ1n) is 7.29. The second-order valence-electron chi connectivity index (χ2n) is 5.31. The second kappa shape index (κ2) is 7.56. The number of carbonyl (C=O) groups is 2. The van der Waals surface area contributed by atoms with Crippen LogP contribution in [0.15, 0.2) is 42.5 Å². The molecule has 0 heterocycles. The number of fused-ring (bicyclic) bond motifs is 1. The van der Waals surface area contributed by atoms with E-state index >= 15 is 0 Å². The molecule has 22 heavy (non-hydrogen) atoms. The van der Waals surface area contributed by atoms with Crippen LogP contribution in [-0.4, -0.2) is 30.1 Å². The highest BCUT2D eigenvalue weighted by molar-refractivity contribution is 6.40. The molecule has 2 aromatic rings. The van der Waals surface area contributed by atoms with Crippen molar-refractivity contribution in [1.82, 2.24) is 5.32 Å². The lowest BCUT2D eigenvalue weighted by Gasteiger charge is -2.12. The molecule has 0 aliphatic rings. The Morgan fingerprint density at radius 2 is 1.82 bits per heavy atom. The molecule has 1 atom stereocenters. The van der Waals surface area contributed by atoms with Crippen molar-refractivity contribution >= 4 is 28.3 Å². The topological polar surface area (TPSA) is 78.4 Å². The minimum atomic E-state index is -0.687. The number of carbonyl (C=O) groups excluding carboxylic acids is 2. The molecule has 5 heteroatoms. The van der Waals surface area contributed by atoms with E-state index in [0.717, 1.165) is 10.8 Å². The average molecular weight is 300 g/mol. The summed E-state index contributed by atoms with van der Waals surface area (Å²) in [6, 6.07) is 13.2. The highest BCUT2D eigenvalue weighted by Crippen LogP contribution is 2.22. The van der Waals surface area contributed by atoms with E-state index in [1.165, 1.54) is 0 Å². The van der Waals surface area contributed by atoms with Crippen molar-refractivity contribution in [3.05, 3.63) is 42.5 Å². The number of aliphatic hydroxyl groups is 1. The summed E-state index contributed by atoms with van der Waals surface area (Å²) in [5, 5.41) is 15.9. The summed E-state index contributed by atoms with van der Waals surface area (Å²) < 4.78 is 0. The van der Waals surface area contributed by atoms with Crippen molar-refractivity contribution in [3.63, 3.8) is 0 Å². The van der Waals surface area contributed by atoms with Gasteiger partial charge in [0.15, 0.2) is 0 Å². The molecule has 0 radical (unpaired) electrons. The fourth-order valence-corrected chi connectivity index (χ4v) is 2.18. The molecule has 0 aromatic heterocycles. The van der Waals surface area contributed by atoms with Gasteiger partial charge in [-0.3, -0.25) is 9.59 Å². The third-order valence-electron chi connectivity index (χ3n) is 3.48. The Morgan fingerprint density at radius 3 is 2.59 bits per heavy atom. The monoisotopic (exact) mass is 300 g/mol. The maximum atomic E-state index is 12.0. The van der Waals surface area contributed by atoms with E-state index in [1.807, 2.05) is 43.3 Å². The summed E-state index contributed by atoms with van der Waals surface area (Å²) in [5.74, 6) is -1.23. The van der Waals surface area contributed by atoms with Crippen LogP contribution in [-0.2, 0) is 9.59 Å². The molecule has 0 bridgehead atoms. The van der Waals surface area contributed by atoms with E-state index in [0.29, 0.717) is 18.7 Å². The summed E-state index contributed by atoms with van der Waals surface area (Å²) in [4.78, 5) is 23.8. The Labute approximate surface area is 129 Å². The first-order chi connectivity index (χ1) is 10.6. The molecule has 2 rings (SSSR count). The molecule has 0 spiro atoms. The highest BCUT2D eigenvalue weighted by Gasteiger charge is 2.15. The molecular weight excluding hydrogens is 280 g/mol. The number of anilines is 1. The van der Waals surface area contributed by atoms with Gasteiger partial charge in [0.1, 0.15) is 0 Å². The van der Waals surface area contributed by atoms with Crippen LogP contribution >= 0.6 is 0 Å². The van der Waals surface area contributed by atoms with Gasteiger partial charge in [0.2, 0.25) is 0 Å². The van der Waals surface area contributed by atoms with Crippen LogP contribution in [0.4, 0.5) is 5.69 Å². The lowest BCUT2D eigenvalue weighted by Crippen LogP contribution is -2.37. The zero-order chi connectivity index (χ0) is 15.9. The minimum absolute atomic E-state index is 0.0687. The van der Waals surface area contributed by atoms with Crippen molar-refractivity contribution in [2.75, 3.05) is 18.5 Å². The van der Waals surface area contributed by atoms with Crippen LogP contribution in [0.3, 0.4) is 0 Å². The van der Waals surface area contributed by atoms with Crippen LogP contribution in [0.1, 0.15) is 13.3 Å². The summed E-state index contributed by atoms with van der Waals surface area (Å²) >= 11 is 0. The van der Waals surface area contributed by atoms with Crippen LogP contribution in [0.25, 0.3) is 10.8 Å². The molecular formula is C17H20N2O3. The highest BCUT2D eigenvalue weighted by atomic mass is 16.3. The Hall–Kier alpha value is -2.40. The molecule has 2 amide bonds. The van der Waals surface area contributed by atoms with Gasteiger partial charge in [-0.2, -0.15) is 0 Å². The zero-order valence-corrected chi connectivity index (χ0v) is 12.5. The van der Waals surface area contributed by atoms with Crippen molar-refractivity contribution in [1.29, 1.82) is 0 Å². The SMILES string of the molecule is CC(CCO)CNC(=O)C(=O)Nc1cccc2ccccc12. The summed E-state index contributed by atoms with van der Waals surface area (Å²) in [5.41, 5.74) is 0.613. The number of rotatable bonds is 5. The van der Waals surface area contributed by atoms with Crippen LogP contribution in [0.5, 0.6) is 0 Å². The molecule has 1 unspecified atom stereocenters. The van der Waals surface area contributed by atoms with E-state index in [2.05, 4.69) is 10.6 Å². The molecule has 2 aromatic carbocycles. The van der Waals surface area contributed by atoms with Crippen LogP contribution in [0, 0.1) is 5.92 Å². The smallest absolute Gasteiger partial charge is 0.313 e. The van der Waals surface area contributed by atoms with E-state index in [-0.39, 0.29) is 12.5 Å². The maximum Gasteiger partial charge on any atom is 0.313 e. The fourth-order valence-electron chi connectivity index (χ4n) is 2.18. The minimum Gasteiger partial charge on any atom is -0.396 e. The van der Waals surface area contributed by atoms with Crippen molar-refractivity contribution in [2.24, 2.45) is 5.92 Å². The Morgan fingerprint density at radius 1 is 1.09 bits per heavy atom. The van der Waals surface area contributed by atoms with E-state index in [4.69, 9.17) is 5.11 Å². The summed E-state index contributed by atoms with van der Waals surface area (Å²) in [7, 11) is 0. The van der Waals surface area contributed by atoms with Crippen LogP contribution in [0.2, 0.25) is 0 Å². The lowest BCUT2D eigenvalue weighted by molar-refractivity contribution is -0.136. The predicted molar refractivity (Wildman–Crippen MR) is 86.5 cm³/mol. The predicted octanol–water partition coefficient (Wildman–Crippen LogP) is 1.91. The van der Waals surface area contributed by atoms with Crippen molar-refractivity contribution in [2.45, 2.75) is 13.3 Å². The van der Waals surface area contributed by atoms with Gasteiger partial charge in [-0.05, 0) is 23.8 Å². The van der Waals surface area contributed by atoms with Gasteiger partial charge in [0, 0.05) is 24.2 Å². The summed E-state index contributed by atoms with van der Waals surface area (Å²) in [6.45, 7) is 2.33. The standard InChI is InChI=1S/C17H20N2O3/c1-12(9-10-20)11-18-16(21)17(22)19-15-8-4-6-13-5-2-3-7-14(13)15/h2-8,12,20H,9-11H2,1H3,(H,18,21)(H,19,22). The molecule has 0 saturated heterocycles. The first kappa shape index (κ1) is 16.0. The quantitative estimate of drug-likeness (QED) is 0.738. The first-order valence-corrected chi connectivity index (χ1v) is 7.29. The largest absolute Gasteiger partial charge is 0.396 e. The molecule has 116 valence electrons. The molecule has 5 nitrogen and oxygen atoms in total. The molecule has 0 fully saturated rings. The van der Waals surface area contributed by atoms with Gasteiger partial charge >= 0.3 is 11.8 Å². The molecule has 3 N–H and O–H groups in total. The normalized spacial score (nSPS) is 11.9. The number of nitrogens with one attached hydrogen (secondary N) is 2. The average Bonchev–Trinajstić information content (AvgIpc) is 2.53. The van der Waals surface area contributed by atoms with E-state index in [1.54, 1.807) is 6.07 Å². The van der Waals surface area contributed by atoms with Crippen molar-refractivity contribution < 1.29 is 14.7 Å². The molecule has 0 aliphatic carbocycles. The summed E-state index contributed by atoms with van der Waals surface area (Å²) in [6.07, 6.45) is 0.589. The van der Waals surface area contributed by atoms with Gasteiger partial charge in [-0.1, -0.05) is 43.3 Å². The Balaban J connectivity index is 2.00. The van der Waals surface area contributed by atoms with Crippen molar-refractivity contribution in [3.8, 4) is 0 Å². The van der Waals surface area contributed by atoms with Gasteiger partial charge in [0.25, 0.3) is 0 Å². The number of hydrogen-bond donors (Lipinski definition) is 3. The second-order valence-corrected chi connectivity index (χ2v) is 5.31. The lowest BCUT2D eigenvalue weighted by atomic mass is 10.1. The number of aliphatic hydroxyl groups excluding tert-OH is 1. The number of hydrogen-bond acceptors (Lipinski definition) is 3. The van der Waals surface area contributed by atoms with Crippen LogP contribution < -0.4 is 10.6 Å². The third kappa shape index (κ3) is 4.05. The molecule has 0 saturated carbocycles. The molecule has 0 aliphatic heterocycles. The number of benzene rings is 2. The van der Waals surface area contributed by atoms with Gasteiger partial charge in [-0.15, -0.1) is 0 Å². The van der Waals surface area contributed by atoms with E-state index in [9.17, 15) is 9.59 Å². The fraction of sp³-hybridized carbons (Fsp3) is 0.294. The Bertz CT molecular complexity index is 665. The third-order valence-corrected chi connectivity index (χ3v) is 3.48. The van der Waals surface area contributed by atoms with Gasteiger partial charge in [0.05, 0.1) is 0 Å².